The Morgan fingerprint density at radius 1 is 1.38 bits per heavy atom. The highest BCUT2D eigenvalue weighted by Gasteiger charge is 2.22. The summed E-state index contributed by atoms with van der Waals surface area (Å²) in [7, 11) is 0. The van der Waals surface area contributed by atoms with Gasteiger partial charge in [0.15, 0.2) is 0 Å². The number of allylic oxidation sites excluding steroid dienone is 2. The molecule has 1 aromatic rings. The fourth-order valence-electron chi connectivity index (χ4n) is 1.64. The highest BCUT2D eigenvalue weighted by molar-refractivity contribution is 8.45. The maximum absolute atomic E-state index is 11.8. The summed E-state index contributed by atoms with van der Waals surface area (Å²) in [4.78, 5) is 26.5. The molecule has 1 N–H and O–H groups in total. The average molecular weight is 319 g/mol. The van der Waals surface area contributed by atoms with E-state index < -0.39 is 5.97 Å². The Morgan fingerprint density at radius 2 is 2.10 bits per heavy atom. The quantitative estimate of drug-likeness (QED) is 0.861. The highest BCUT2D eigenvalue weighted by Crippen LogP contribution is 2.30. The Balaban J connectivity index is 2.11. The van der Waals surface area contributed by atoms with Gasteiger partial charge in [-0.15, -0.1) is 0 Å². The van der Waals surface area contributed by atoms with Crippen LogP contribution in [0.3, 0.4) is 0 Å². The number of hydrogen-bond acceptors (Lipinski definition) is 5. The molecule has 0 unspecified atom stereocenters. The van der Waals surface area contributed by atoms with Gasteiger partial charge in [-0.2, -0.15) is 0 Å². The molecule has 2 rings (SSSR count). The number of carbonyl (C=O) groups is 2. The number of carboxylic acids is 1. The van der Waals surface area contributed by atoms with Gasteiger partial charge < -0.3 is 5.11 Å². The summed E-state index contributed by atoms with van der Waals surface area (Å²) in [6.45, 7) is 1.90. The van der Waals surface area contributed by atoms with Gasteiger partial charge in [0.2, 0.25) is 5.12 Å². The molecule has 108 valence electrons. The van der Waals surface area contributed by atoms with Crippen molar-refractivity contribution in [3.05, 3.63) is 53.2 Å². The number of benzene rings is 1. The predicted molar refractivity (Wildman–Crippen MR) is 88.3 cm³/mol. The van der Waals surface area contributed by atoms with E-state index in [9.17, 15) is 9.59 Å². The van der Waals surface area contributed by atoms with E-state index in [1.165, 1.54) is 0 Å². The van der Waals surface area contributed by atoms with E-state index in [0.717, 1.165) is 34.7 Å². The van der Waals surface area contributed by atoms with Crippen LogP contribution in [-0.4, -0.2) is 26.3 Å². The monoisotopic (exact) mass is 319 g/mol. The molecule has 0 radical (unpaired) electrons. The number of thioether (sulfide) groups is 2. The molecule has 4 nitrogen and oxygen atoms in total. The van der Waals surface area contributed by atoms with Gasteiger partial charge in [0.05, 0.1) is 5.75 Å². The van der Waals surface area contributed by atoms with Crippen molar-refractivity contribution < 1.29 is 14.7 Å². The fraction of sp³-hybridized carbons (Fsp3) is 0.133. The zero-order valence-electron chi connectivity index (χ0n) is 11.3. The van der Waals surface area contributed by atoms with Gasteiger partial charge in [-0.25, -0.2) is 4.99 Å². The van der Waals surface area contributed by atoms with Gasteiger partial charge in [-0.1, -0.05) is 48.2 Å². The standard InChI is InChI=1S/C15H13NO3S2/c1-10(7-11-5-3-2-4-6-11)8-12-14(19)21-15(16-12)20-9-13(17)18/h2-8H,9H2,1H3,(H,17,18). The third kappa shape index (κ3) is 4.91. The van der Waals surface area contributed by atoms with Crippen molar-refractivity contribution >= 4 is 45.1 Å². The van der Waals surface area contributed by atoms with Crippen LogP contribution < -0.4 is 0 Å². The van der Waals surface area contributed by atoms with Crippen LogP contribution in [0.15, 0.2) is 52.7 Å². The van der Waals surface area contributed by atoms with E-state index in [0.29, 0.717) is 10.1 Å². The summed E-state index contributed by atoms with van der Waals surface area (Å²) in [6.07, 6.45) is 3.68. The first-order valence-corrected chi connectivity index (χ1v) is 7.95. The van der Waals surface area contributed by atoms with Crippen molar-refractivity contribution in [2.45, 2.75) is 6.92 Å². The minimum Gasteiger partial charge on any atom is -0.481 e. The summed E-state index contributed by atoms with van der Waals surface area (Å²) >= 11 is 2.04. The zero-order chi connectivity index (χ0) is 15.2. The van der Waals surface area contributed by atoms with E-state index in [2.05, 4.69) is 4.99 Å². The molecule has 1 aliphatic heterocycles. The molecule has 6 heteroatoms. The van der Waals surface area contributed by atoms with E-state index in [1.54, 1.807) is 6.08 Å². The summed E-state index contributed by atoms with van der Waals surface area (Å²) in [5, 5.41) is 8.47. The van der Waals surface area contributed by atoms with E-state index >= 15 is 0 Å². The van der Waals surface area contributed by atoms with Crippen molar-refractivity contribution in [1.29, 1.82) is 0 Å². The van der Waals surface area contributed by atoms with Gasteiger partial charge in [0.1, 0.15) is 10.1 Å². The lowest BCUT2D eigenvalue weighted by atomic mass is 10.1. The van der Waals surface area contributed by atoms with Gasteiger partial charge in [0.25, 0.3) is 0 Å². The van der Waals surface area contributed by atoms with Crippen LogP contribution in [0.25, 0.3) is 6.08 Å². The minimum atomic E-state index is -0.923. The van der Waals surface area contributed by atoms with Gasteiger partial charge >= 0.3 is 5.97 Å². The van der Waals surface area contributed by atoms with Crippen LogP contribution in [-0.2, 0) is 9.59 Å². The lowest BCUT2D eigenvalue weighted by molar-refractivity contribution is -0.133. The molecule has 1 aliphatic rings. The number of carbonyl (C=O) groups excluding carboxylic acids is 1. The number of nitrogens with zero attached hydrogens (tertiary/aromatic N) is 1. The topological polar surface area (TPSA) is 66.7 Å². The van der Waals surface area contributed by atoms with Crippen LogP contribution in [0.4, 0.5) is 0 Å². The van der Waals surface area contributed by atoms with Gasteiger partial charge in [-0.05, 0) is 35.9 Å². The Labute approximate surface area is 131 Å². The Hall–Kier alpha value is -1.79. The lowest BCUT2D eigenvalue weighted by Gasteiger charge is -1.95. The molecule has 0 aromatic heterocycles. The second-order valence-electron chi connectivity index (χ2n) is 4.28. The minimum absolute atomic E-state index is 0.0920. The molecule has 0 amide bonds. The van der Waals surface area contributed by atoms with Crippen molar-refractivity contribution in [3.63, 3.8) is 0 Å². The molecule has 0 bridgehead atoms. The first-order valence-electron chi connectivity index (χ1n) is 6.15. The van der Waals surface area contributed by atoms with E-state index in [4.69, 9.17) is 5.11 Å². The molecule has 0 spiro atoms. The van der Waals surface area contributed by atoms with E-state index in [1.807, 2.05) is 43.3 Å². The number of carboxylic acid groups (broad SMARTS) is 1. The maximum atomic E-state index is 11.8. The third-order valence-corrected chi connectivity index (χ3v) is 4.47. The molecule has 0 atom stereocenters. The summed E-state index contributed by atoms with van der Waals surface area (Å²) < 4.78 is 0.487. The molecule has 0 aliphatic carbocycles. The molecule has 0 saturated carbocycles. The second-order valence-corrected chi connectivity index (χ2v) is 6.46. The predicted octanol–water partition coefficient (Wildman–Crippen LogP) is 3.42. The second kappa shape index (κ2) is 7.28. The Bertz CT molecular complexity index is 648. The van der Waals surface area contributed by atoms with Crippen molar-refractivity contribution in [2.75, 3.05) is 5.75 Å². The Morgan fingerprint density at radius 3 is 2.76 bits per heavy atom. The molecule has 0 saturated heterocycles. The summed E-state index contributed by atoms with van der Waals surface area (Å²) in [5.41, 5.74) is 2.32. The smallest absolute Gasteiger partial charge is 0.313 e. The number of hydrogen-bond donors (Lipinski definition) is 1. The molecule has 21 heavy (non-hydrogen) atoms. The number of rotatable bonds is 4. The molecule has 1 aromatic carbocycles. The zero-order valence-corrected chi connectivity index (χ0v) is 12.9. The van der Waals surface area contributed by atoms with Crippen LogP contribution in [0, 0.1) is 0 Å². The van der Waals surface area contributed by atoms with E-state index in [-0.39, 0.29) is 10.9 Å². The molecular formula is C15H13NO3S2. The maximum Gasteiger partial charge on any atom is 0.313 e. The third-order valence-electron chi connectivity index (χ3n) is 2.48. The normalized spacial score (nSPS) is 17.2. The van der Waals surface area contributed by atoms with Gasteiger partial charge in [0, 0.05) is 0 Å². The van der Waals surface area contributed by atoms with Crippen LogP contribution in [0.5, 0.6) is 0 Å². The highest BCUT2D eigenvalue weighted by atomic mass is 32.2. The first kappa shape index (κ1) is 15.6. The summed E-state index contributed by atoms with van der Waals surface area (Å²) in [5.74, 6) is -1.01. The van der Waals surface area contributed by atoms with Crippen molar-refractivity contribution in [2.24, 2.45) is 4.99 Å². The van der Waals surface area contributed by atoms with Crippen molar-refractivity contribution in [1.82, 2.24) is 0 Å². The lowest BCUT2D eigenvalue weighted by Crippen LogP contribution is -1.99. The van der Waals surface area contributed by atoms with Crippen molar-refractivity contribution in [3.8, 4) is 0 Å². The number of aliphatic imine (C=N–C) groups is 1. The fourth-order valence-corrected chi connectivity index (χ4v) is 3.21. The number of aliphatic carboxylic acids is 1. The molecule has 0 fully saturated rings. The first-order chi connectivity index (χ1) is 10.0. The molecule has 1 heterocycles. The van der Waals surface area contributed by atoms with Crippen LogP contribution in [0.1, 0.15) is 12.5 Å². The van der Waals surface area contributed by atoms with Crippen LogP contribution in [0.2, 0.25) is 0 Å². The van der Waals surface area contributed by atoms with Crippen LogP contribution >= 0.6 is 23.5 Å². The molecular weight excluding hydrogens is 306 g/mol. The SMILES string of the molecule is CC(=Cc1ccccc1)C=C1N=C(SCC(=O)O)SC1=O. The summed E-state index contributed by atoms with van der Waals surface area (Å²) in [6, 6.07) is 9.79. The average Bonchev–Trinajstić information content (AvgIpc) is 2.78. The van der Waals surface area contributed by atoms with Gasteiger partial charge in [-0.3, -0.25) is 9.59 Å². The Kier molecular flexibility index (Phi) is 5.41. The largest absolute Gasteiger partial charge is 0.481 e.